The number of aliphatic hydroxyl groups excluding tert-OH is 1. The number of phosphoric acid groups is 2. The second-order valence-electron chi connectivity index (χ2n) is 24.2. The van der Waals surface area contributed by atoms with Crippen LogP contribution in [0.25, 0.3) is 0 Å². The highest BCUT2D eigenvalue weighted by molar-refractivity contribution is 7.47. The summed E-state index contributed by atoms with van der Waals surface area (Å²) in [4.78, 5) is 72.2. The van der Waals surface area contributed by atoms with Crippen LogP contribution >= 0.6 is 15.6 Å². The molecular weight excluding hydrogens is 1110 g/mol. The maximum atomic E-state index is 13.0. The number of carbonyl (C=O) groups excluding carboxylic acids is 4. The number of ether oxygens (including phenoxy) is 4. The third-order valence-corrected chi connectivity index (χ3v) is 16.2. The van der Waals surface area contributed by atoms with Crippen LogP contribution in [0.4, 0.5) is 0 Å². The van der Waals surface area contributed by atoms with E-state index in [4.69, 9.17) is 37.0 Å². The highest BCUT2D eigenvalue weighted by atomic mass is 31.2. The zero-order valence-electron chi connectivity index (χ0n) is 53.8. The maximum absolute atomic E-state index is 13.0. The fourth-order valence-corrected chi connectivity index (χ4v) is 10.7. The van der Waals surface area contributed by atoms with E-state index in [1.165, 1.54) is 77.0 Å². The molecule has 17 nitrogen and oxygen atoms in total. The van der Waals surface area contributed by atoms with E-state index in [1.807, 2.05) is 0 Å². The second-order valence-corrected chi connectivity index (χ2v) is 27.2. The first-order valence-corrected chi connectivity index (χ1v) is 36.2. The van der Waals surface area contributed by atoms with E-state index in [2.05, 4.69) is 72.8 Å². The van der Waals surface area contributed by atoms with E-state index < -0.39 is 97.5 Å². The lowest BCUT2D eigenvalue weighted by Gasteiger charge is -2.21. The van der Waals surface area contributed by atoms with Crippen molar-refractivity contribution in [3.05, 3.63) is 24.3 Å². The van der Waals surface area contributed by atoms with Crippen molar-refractivity contribution < 1.29 is 80.2 Å². The van der Waals surface area contributed by atoms with E-state index in [-0.39, 0.29) is 25.7 Å². The number of aliphatic hydroxyl groups is 1. The van der Waals surface area contributed by atoms with Gasteiger partial charge in [-0.05, 0) is 69.1 Å². The van der Waals surface area contributed by atoms with Gasteiger partial charge in [0.1, 0.15) is 19.3 Å². The Bertz CT molecular complexity index is 1760. The van der Waals surface area contributed by atoms with Crippen LogP contribution in [0.3, 0.4) is 0 Å². The molecule has 0 rings (SSSR count). The molecule has 0 saturated heterocycles. The molecule has 0 radical (unpaired) electrons. The minimum Gasteiger partial charge on any atom is -0.462 e. The first-order chi connectivity index (χ1) is 40.2. The summed E-state index contributed by atoms with van der Waals surface area (Å²) in [7, 11) is -9.90. The number of allylic oxidation sites excluding steroid dienone is 4. The molecular formula is C65H122O17P2. The predicted octanol–water partition coefficient (Wildman–Crippen LogP) is 17.4. The van der Waals surface area contributed by atoms with Crippen molar-refractivity contribution in [3.63, 3.8) is 0 Å². The summed E-state index contributed by atoms with van der Waals surface area (Å²) < 4.78 is 67.9. The Morgan fingerprint density at radius 3 is 0.964 bits per heavy atom. The minimum absolute atomic E-state index is 0.0834. The van der Waals surface area contributed by atoms with Crippen molar-refractivity contribution in [2.24, 2.45) is 17.8 Å². The van der Waals surface area contributed by atoms with Gasteiger partial charge in [0.25, 0.3) is 0 Å². The third-order valence-electron chi connectivity index (χ3n) is 14.3. The van der Waals surface area contributed by atoms with Crippen molar-refractivity contribution in [1.29, 1.82) is 0 Å². The zero-order valence-corrected chi connectivity index (χ0v) is 55.6. The predicted molar refractivity (Wildman–Crippen MR) is 335 cm³/mol. The van der Waals surface area contributed by atoms with Crippen LogP contribution in [0.1, 0.15) is 292 Å². The third kappa shape index (κ3) is 58.6. The standard InChI is InChI=1S/C65H122O17P2/c1-8-9-10-11-12-13-14-15-16-17-18-19-24-34-41-48-64(69)81-60(52-75-62(67)46-39-32-25-20-22-29-36-43-56(2)3)54-79-83(71,72)77-50-59(66)51-78-84(73,74)80-55-61(82-65(70)49-42-35-28-27-31-38-45-58(6)7)53-76-63(68)47-40-33-26-21-23-30-37-44-57(4)5/h13-16,56-61,66H,8-12,17-55H2,1-7H3,(H,71,72)(H,73,74)/b14-13-,16-15-/t59?,60-,61-/m1/s1. The second kappa shape index (κ2) is 55.8. The fraction of sp³-hybridized carbons (Fsp3) is 0.877. The summed E-state index contributed by atoms with van der Waals surface area (Å²) in [6.45, 7) is 11.5. The summed E-state index contributed by atoms with van der Waals surface area (Å²) in [6.07, 6.45) is 40.2. The van der Waals surface area contributed by atoms with Gasteiger partial charge < -0.3 is 33.8 Å². The normalized spacial score (nSPS) is 14.5. The molecule has 5 atom stereocenters. The van der Waals surface area contributed by atoms with Crippen LogP contribution in [-0.2, 0) is 65.4 Å². The summed E-state index contributed by atoms with van der Waals surface area (Å²) in [5.41, 5.74) is 0. The fourth-order valence-electron chi connectivity index (χ4n) is 9.12. The van der Waals surface area contributed by atoms with Gasteiger partial charge in [-0.25, -0.2) is 9.13 Å². The van der Waals surface area contributed by atoms with Crippen molar-refractivity contribution >= 4 is 39.5 Å². The lowest BCUT2D eigenvalue weighted by molar-refractivity contribution is -0.161. The van der Waals surface area contributed by atoms with Gasteiger partial charge in [-0.2, -0.15) is 0 Å². The van der Waals surface area contributed by atoms with Crippen LogP contribution in [-0.4, -0.2) is 96.7 Å². The molecule has 0 fully saturated rings. The molecule has 19 heteroatoms. The molecule has 0 aliphatic heterocycles. The average molecular weight is 1240 g/mol. The molecule has 0 heterocycles. The molecule has 0 aromatic rings. The van der Waals surface area contributed by atoms with E-state index in [0.717, 1.165) is 116 Å². The van der Waals surface area contributed by atoms with Crippen LogP contribution in [0.2, 0.25) is 0 Å². The van der Waals surface area contributed by atoms with Gasteiger partial charge in [-0.1, -0.05) is 240 Å². The number of esters is 4. The highest BCUT2D eigenvalue weighted by Crippen LogP contribution is 2.45. The summed E-state index contributed by atoms with van der Waals surface area (Å²) >= 11 is 0. The van der Waals surface area contributed by atoms with Gasteiger partial charge in [-0.15, -0.1) is 0 Å². The smallest absolute Gasteiger partial charge is 0.462 e. The van der Waals surface area contributed by atoms with E-state index in [9.17, 15) is 43.2 Å². The molecule has 0 aliphatic rings. The Morgan fingerprint density at radius 2 is 0.643 bits per heavy atom. The van der Waals surface area contributed by atoms with Gasteiger partial charge in [0.2, 0.25) is 0 Å². The number of unbranched alkanes of at least 4 members (excludes halogenated alkanes) is 26. The monoisotopic (exact) mass is 1240 g/mol. The Balaban J connectivity index is 5.27. The van der Waals surface area contributed by atoms with Gasteiger partial charge in [0, 0.05) is 25.7 Å². The van der Waals surface area contributed by atoms with Crippen LogP contribution in [0.15, 0.2) is 24.3 Å². The van der Waals surface area contributed by atoms with Gasteiger partial charge in [0.15, 0.2) is 12.2 Å². The molecule has 0 aromatic carbocycles. The number of hydrogen-bond acceptors (Lipinski definition) is 15. The van der Waals surface area contributed by atoms with Crippen molar-refractivity contribution in [2.45, 2.75) is 311 Å². The van der Waals surface area contributed by atoms with Gasteiger partial charge in [-0.3, -0.25) is 37.3 Å². The SMILES string of the molecule is CCCCCC/C=C\C=C/CCCCCCCC(=O)O[C@H](COC(=O)CCCCCCCCCC(C)C)COP(=O)(O)OCC(O)COP(=O)(O)OC[C@@H](COC(=O)CCCCCCCCCC(C)C)OC(=O)CCCCCCCCC(C)C. The van der Waals surface area contributed by atoms with Crippen LogP contribution < -0.4 is 0 Å². The van der Waals surface area contributed by atoms with Crippen molar-refractivity contribution in [2.75, 3.05) is 39.6 Å². The summed E-state index contributed by atoms with van der Waals surface area (Å²) in [5, 5.41) is 10.5. The van der Waals surface area contributed by atoms with Gasteiger partial charge in [0.05, 0.1) is 26.4 Å². The number of carbonyl (C=O) groups is 4. The highest BCUT2D eigenvalue weighted by Gasteiger charge is 2.30. The molecule has 0 saturated carbocycles. The Hall–Kier alpha value is -2.46. The molecule has 3 N–H and O–H groups in total. The molecule has 0 aliphatic carbocycles. The van der Waals surface area contributed by atoms with Crippen LogP contribution in [0.5, 0.6) is 0 Å². The van der Waals surface area contributed by atoms with E-state index in [0.29, 0.717) is 43.4 Å². The summed E-state index contributed by atoms with van der Waals surface area (Å²) in [6, 6.07) is 0. The minimum atomic E-state index is -4.95. The first kappa shape index (κ1) is 81.5. The average Bonchev–Trinajstić information content (AvgIpc) is 3.45. The lowest BCUT2D eigenvalue weighted by Crippen LogP contribution is -2.30. The first-order valence-electron chi connectivity index (χ1n) is 33.2. The molecule has 84 heavy (non-hydrogen) atoms. The van der Waals surface area contributed by atoms with Gasteiger partial charge >= 0.3 is 39.5 Å². The molecule has 0 amide bonds. The zero-order chi connectivity index (χ0) is 62.4. The van der Waals surface area contributed by atoms with Crippen LogP contribution in [0, 0.1) is 17.8 Å². The number of hydrogen-bond donors (Lipinski definition) is 3. The lowest BCUT2D eigenvalue weighted by atomic mass is 10.0. The van der Waals surface area contributed by atoms with Crippen molar-refractivity contribution in [1.82, 2.24) is 0 Å². The van der Waals surface area contributed by atoms with E-state index >= 15 is 0 Å². The number of rotatable bonds is 61. The molecule has 0 bridgehead atoms. The molecule has 494 valence electrons. The van der Waals surface area contributed by atoms with E-state index in [1.54, 1.807) is 0 Å². The molecule has 3 unspecified atom stereocenters. The quantitative estimate of drug-likeness (QED) is 0.0169. The summed E-state index contributed by atoms with van der Waals surface area (Å²) in [5.74, 6) is -0.0985. The number of phosphoric ester groups is 2. The topological polar surface area (TPSA) is 237 Å². The van der Waals surface area contributed by atoms with Crippen molar-refractivity contribution in [3.8, 4) is 0 Å². The molecule has 0 spiro atoms. The Kier molecular flexibility index (Phi) is 54.2. The Labute approximate surface area is 510 Å². The Morgan fingerprint density at radius 1 is 0.369 bits per heavy atom. The molecule has 0 aromatic heterocycles. The maximum Gasteiger partial charge on any atom is 0.472 e. The largest absolute Gasteiger partial charge is 0.472 e.